The van der Waals surface area contributed by atoms with Crippen molar-refractivity contribution < 1.29 is 23.7 Å². The molecule has 1 saturated heterocycles. The van der Waals surface area contributed by atoms with Gasteiger partial charge in [-0.2, -0.15) is 0 Å². The van der Waals surface area contributed by atoms with Crippen LogP contribution in [0.15, 0.2) is 12.1 Å². The van der Waals surface area contributed by atoms with E-state index >= 15 is 0 Å². The highest BCUT2D eigenvalue weighted by molar-refractivity contribution is 5.56. The second-order valence-corrected chi connectivity index (χ2v) is 9.21. The fourth-order valence-corrected chi connectivity index (χ4v) is 3.84. The summed E-state index contributed by atoms with van der Waals surface area (Å²) in [5.74, 6) is -1.62. The smallest absolute Gasteiger partial charge is 0.266 e. The molecule has 1 aromatic rings. The number of anilines is 1. The number of nitrogens with one attached hydrogen (secondary N) is 1. The van der Waals surface area contributed by atoms with Crippen LogP contribution in [0.1, 0.15) is 58.4 Å². The molecule has 2 unspecified atom stereocenters. The Balaban J connectivity index is 1.79. The summed E-state index contributed by atoms with van der Waals surface area (Å²) in [7, 11) is 0. The Labute approximate surface area is 171 Å². The maximum absolute atomic E-state index is 13.7. The van der Waals surface area contributed by atoms with Crippen LogP contribution in [0.2, 0.25) is 0 Å². The number of aliphatic hydroxyl groups excluding tert-OH is 2. The molecule has 29 heavy (non-hydrogen) atoms. The monoisotopic (exact) mass is 413 g/mol. The van der Waals surface area contributed by atoms with Gasteiger partial charge in [0.2, 0.25) is 5.88 Å². The molecule has 8 heteroatoms. The molecule has 2 heterocycles. The van der Waals surface area contributed by atoms with Crippen molar-refractivity contribution in [1.82, 2.24) is 10.3 Å². The normalized spacial score (nSPS) is 22.0. The van der Waals surface area contributed by atoms with Gasteiger partial charge in [0.1, 0.15) is 11.9 Å². The molecule has 0 amide bonds. The molecule has 1 aromatic heterocycles. The van der Waals surface area contributed by atoms with Crippen molar-refractivity contribution in [2.45, 2.75) is 64.1 Å². The second kappa shape index (κ2) is 8.70. The van der Waals surface area contributed by atoms with Gasteiger partial charge in [-0.3, -0.25) is 5.32 Å². The molecule has 3 rings (SSSR count). The van der Waals surface area contributed by atoms with E-state index in [1.54, 1.807) is 17.0 Å². The van der Waals surface area contributed by atoms with E-state index in [9.17, 15) is 19.0 Å². The van der Waals surface area contributed by atoms with Crippen LogP contribution in [0.25, 0.3) is 0 Å². The van der Waals surface area contributed by atoms with Crippen molar-refractivity contribution in [1.29, 1.82) is 0 Å². The van der Waals surface area contributed by atoms with Crippen molar-refractivity contribution in [3.05, 3.63) is 17.8 Å². The highest BCUT2D eigenvalue weighted by atomic mass is 19.3. The highest BCUT2D eigenvalue weighted by Gasteiger charge is 2.39. The first-order valence-corrected chi connectivity index (χ1v) is 10.4. The number of alkyl halides is 2. The average molecular weight is 414 g/mol. The van der Waals surface area contributed by atoms with Gasteiger partial charge in [0.15, 0.2) is 0 Å². The van der Waals surface area contributed by atoms with Gasteiger partial charge in [-0.1, -0.05) is 13.8 Å². The number of rotatable bonds is 10. The van der Waals surface area contributed by atoms with E-state index in [2.05, 4.69) is 10.3 Å². The molecule has 0 bridgehead atoms. The van der Waals surface area contributed by atoms with Crippen molar-refractivity contribution in [2.24, 2.45) is 11.8 Å². The first-order chi connectivity index (χ1) is 13.6. The van der Waals surface area contributed by atoms with Crippen LogP contribution < -0.4 is 15.0 Å². The Hall–Kier alpha value is -1.51. The van der Waals surface area contributed by atoms with Crippen LogP contribution in [0.3, 0.4) is 0 Å². The third-order valence-electron chi connectivity index (χ3n) is 5.50. The van der Waals surface area contributed by atoms with Gasteiger partial charge in [0.25, 0.3) is 5.92 Å². The first-order valence-electron chi connectivity index (χ1n) is 10.4. The minimum absolute atomic E-state index is 0.131. The van der Waals surface area contributed by atoms with Crippen molar-refractivity contribution in [3.8, 4) is 5.88 Å². The minimum Gasteiger partial charge on any atom is -0.476 e. The zero-order chi connectivity index (χ0) is 21.2. The van der Waals surface area contributed by atoms with Gasteiger partial charge in [0.05, 0.1) is 25.5 Å². The van der Waals surface area contributed by atoms with E-state index in [0.29, 0.717) is 36.2 Å². The molecule has 2 aliphatic rings. The molecular formula is C21H33F2N3O3. The van der Waals surface area contributed by atoms with E-state index in [1.807, 2.05) is 20.8 Å². The SMILES string of the molecule is CC(C)CC(C)(CO)NC(O)c1ccc(N2CCC(F)(F)C2)c(OCC2CC2)n1. The molecular weight excluding hydrogens is 380 g/mol. The standard InChI is InChI=1S/C21H33F2N3O3/c1-14(2)10-20(3,13-27)25-18(28)16-6-7-17(26-9-8-21(22,23)12-26)19(24-16)29-11-15-4-5-15/h6-7,14-15,18,25,27-28H,4-5,8-13H2,1-3H3. The Morgan fingerprint density at radius 1 is 1.38 bits per heavy atom. The fraction of sp³-hybridized carbons (Fsp3) is 0.762. The first kappa shape index (κ1) is 22.2. The predicted octanol–water partition coefficient (Wildman–Crippen LogP) is 3.09. The maximum Gasteiger partial charge on any atom is 0.266 e. The third-order valence-corrected chi connectivity index (χ3v) is 5.50. The number of pyridine rings is 1. The van der Waals surface area contributed by atoms with Gasteiger partial charge >= 0.3 is 0 Å². The maximum atomic E-state index is 13.7. The van der Waals surface area contributed by atoms with E-state index in [0.717, 1.165) is 12.8 Å². The lowest BCUT2D eigenvalue weighted by Crippen LogP contribution is -2.48. The quantitative estimate of drug-likeness (QED) is 0.512. The molecule has 164 valence electrons. The van der Waals surface area contributed by atoms with Gasteiger partial charge in [-0.15, -0.1) is 0 Å². The Bertz CT molecular complexity index is 700. The van der Waals surface area contributed by atoms with Crippen LogP contribution in [0, 0.1) is 11.8 Å². The molecule has 1 saturated carbocycles. The summed E-state index contributed by atoms with van der Waals surface area (Å²) in [4.78, 5) is 6.05. The number of hydrogen-bond acceptors (Lipinski definition) is 6. The van der Waals surface area contributed by atoms with Crippen LogP contribution in [-0.4, -0.2) is 53.0 Å². The Morgan fingerprint density at radius 2 is 2.10 bits per heavy atom. The number of aromatic nitrogens is 1. The second-order valence-electron chi connectivity index (χ2n) is 9.21. The van der Waals surface area contributed by atoms with Crippen molar-refractivity contribution in [3.63, 3.8) is 0 Å². The summed E-state index contributed by atoms with van der Waals surface area (Å²) in [6.07, 6.45) is 1.58. The third kappa shape index (κ3) is 5.99. The molecule has 0 radical (unpaired) electrons. The Morgan fingerprint density at radius 3 is 2.66 bits per heavy atom. The number of halogens is 2. The molecule has 1 aliphatic carbocycles. The van der Waals surface area contributed by atoms with Crippen LogP contribution in [0.4, 0.5) is 14.5 Å². The average Bonchev–Trinajstić information content (AvgIpc) is 3.40. The van der Waals surface area contributed by atoms with Gasteiger partial charge in [0, 0.05) is 18.5 Å². The molecule has 2 atom stereocenters. The summed E-state index contributed by atoms with van der Waals surface area (Å²) in [6, 6.07) is 3.32. The Kier molecular flexibility index (Phi) is 6.65. The molecule has 2 fully saturated rings. The van der Waals surface area contributed by atoms with Crippen LogP contribution in [0.5, 0.6) is 5.88 Å². The fourth-order valence-electron chi connectivity index (χ4n) is 3.84. The summed E-state index contributed by atoms with van der Waals surface area (Å²) in [5, 5.41) is 23.5. The van der Waals surface area contributed by atoms with E-state index in [4.69, 9.17) is 4.74 Å². The predicted molar refractivity (Wildman–Crippen MR) is 107 cm³/mol. The summed E-state index contributed by atoms with van der Waals surface area (Å²) < 4.78 is 33.3. The lowest BCUT2D eigenvalue weighted by atomic mass is 9.91. The van der Waals surface area contributed by atoms with Gasteiger partial charge < -0.3 is 19.8 Å². The van der Waals surface area contributed by atoms with E-state index in [1.165, 1.54) is 0 Å². The molecule has 6 nitrogen and oxygen atoms in total. The summed E-state index contributed by atoms with van der Waals surface area (Å²) >= 11 is 0. The van der Waals surface area contributed by atoms with Crippen molar-refractivity contribution >= 4 is 5.69 Å². The van der Waals surface area contributed by atoms with E-state index in [-0.39, 0.29) is 32.0 Å². The summed E-state index contributed by atoms with van der Waals surface area (Å²) in [6.45, 7) is 6.20. The largest absolute Gasteiger partial charge is 0.476 e. The number of ether oxygens (including phenoxy) is 1. The van der Waals surface area contributed by atoms with Crippen LogP contribution in [-0.2, 0) is 0 Å². The number of aliphatic hydroxyl groups is 2. The molecule has 1 aliphatic heterocycles. The highest BCUT2D eigenvalue weighted by Crippen LogP contribution is 2.37. The summed E-state index contributed by atoms with van der Waals surface area (Å²) in [5.41, 5.74) is 0.208. The van der Waals surface area contributed by atoms with Gasteiger partial charge in [-0.05, 0) is 50.2 Å². The zero-order valence-electron chi connectivity index (χ0n) is 17.5. The molecule has 3 N–H and O–H groups in total. The lowest BCUT2D eigenvalue weighted by Gasteiger charge is -2.33. The van der Waals surface area contributed by atoms with Gasteiger partial charge in [-0.25, -0.2) is 13.8 Å². The zero-order valence-corrected chi connectivity index (χ0v) is 17.5. The molecule has 0 spiro atoms. The topological polar surface area (TPSA) is 77.8 Å². The number of nitrogens with zero attached hydrogens (tertiary/aromatic N) is 2. The lowest BCUT2D eigenvalue weighted by molar-refractivity contribution is 0.0256. The van der Waals surface area contributed by atoms with Crippen LogP contribution >= 0.6 is 0 Å². The van der Waals surface area contributed by atoms with E-state index < -0.39 is 17.7 Å². The molecule has 0 aromatic carbocycles. The number of hydrogen-bond donors (Lipinski definition) is 3. The van der Waals surface area contributed by atoms with Crippen molar-refractivity contribution in [2.75, 3.05) is 31.2 Å². The minimum atomic E-state index is -2.71.